The third-order valence-corrected chi connectivity index (χ3v) is 2.68. The van der Waals surface area contributed by atoms with Crippen molar-refractivity contribution in [3.63, 3.8) is 0 Å². The molecule has 1 heterocycles. The van der Waals surface area contributed by atoms with Gasteiger partial charge in [0.15, 0.2) is 6.21 Å². The van der Waals surface area contributed by atoms with Crippen LogP contribution >= 0.6 is 15.9 Å². The second-order valence-electron chi connectivity index (χ2n) is 3.85. The largest absolute Gasteiger partial charge is 0.461 e. The van der Waals surface area contributed by atoms with Gasteiger partial charge in [0.25, 0.3) is 0 Å². The number of carbonyl (C=O) groups is 1. The molecule has 1 aliphatic heterocycles. The van der Waals surface area contributed by atoms with Crippen LogP contribution in [0.1, 0.15) is 18.1 Å². The molecule has 1 aliphatic rings. The van der Waals surface area contributed by atoms with Crippen molar-refractivity contribution in [2.75, 3.05) is 25.5 Å². The Bertz CT molecular complexity index is 430. The Morgan fingerprint density at radius 1 is 1.39 bits per heavy atom. The molecule has 0 aromatic heterocycles. The fourth-order valence-electron chi connectivity index (χ4n) is 1.91. The molecule has 0 amide bonds. The van der Waals surface area contributed by atoms with E-state index in [4.69, 9.17) is 4.74 Å². The molecule has 0 bridgehead atoms. The molecule has 2 rings (SSSR count). The predicted molar refractivity (Wildman–Crippen MR) is 76.8 cm³/mol. The first-order valence-corrected chi connectivity index (χ1v) is 7.58. The number of hydrogen-bond donors (Lipinski definition) is 0. The second-order valence-corrected chi connectivity index (χ2v) is 3.85. The molecule has 0 saturated heterocycles. The summed E-state index contributed by atoms with van der Waals surface area (Å²) in [7, 11) is 0. The lowest BCUT2D eigenvalue weighted by Crippen LogP contribution is -2.28. The summed E-state index contributed by atoms with van der Waals surface area (Å²) in [5.74, 6) is 1.66. The maximum Gasteiger partial charge on any atom is 0.372 e. The third kappa shape index (κ3) is 4.26. The molecule has 0 saturated carbocycles. The highest BCUT2D eigenvalue weighted by Crippen LogP contribution is 2.10. The van der Waals surface area contributed by atoms with E-state index in [0.717, 1.165) is 13.0 Å². The number of alkyl halides is 1. The number of nitrogens with zero attached hydrogens (tertiary/aromatic N) is 1. The summed E-state index contributed by atoms with van der Waals surface area (Å²) in [6.07, 6.45) is 3.03. The molecule has 98 valence electrons. The van der Waals surface area contributed by atoms with E-state index in [2.05, 4.69) is 28.1 Å². The van der Waals surface area contributed by atoms with Crippen molar-refractivity contribution in [2.45, 2.75) is 13.3 Å². The summed E-state index contributed by atoms with van der Waals surface area (Å²) in [6, 6.07) is 8.27. The second kappa shape index (κ2) is 8.03. The zero-order valence-electron chi connectivity index (χ0n) is 10.9. The Kier molecular flexibility index (Phi) is 6.65. The standard InChI is InChI=1S/C13H16NO2.CH3Br/c1-2-16-13(15)10-14-8-7-11-5-3-4-6-12(11)9-14;1-2/h3-6,9H,2,7-8,10H2,1H3;1H3/q+1;. The van der Waals surface area contributed by atoms with Crippen molar-refractivity contribution in [3.8, 4) is 0 Å². The molecule has 0 aliphatic carbocycles. The molecule has 0 N–H and O–H groups in total. The summed E-state index contributed by atoms with van der Waals surface area (Å²) in [4.78, 5) is 11.3. The Hall–Kier alpha value is -1.16. The number of benzene rings is 1. The normalized spacial score (nSPS) is 12.7. The van der Waals surface area contributed by atoms with Crippen LogP contribution in [-0.4, -0.2) is 42.3 Å². The third-order valence-electron chi connectivity index (χ3n) is 2.68. The number of esters is 1. The van der Waals surface area contributed by atoms with Gasteiger partial charge in [-0.1, -0.05) is 34.1 Å². The van der Waals surface area contributed by atoms with Gasteiger partial charge in [-0.25, -0.2) is 9.37 Å². The molecule has 1 aromatic carbocycles. The first-order chi connectivity index (χ1) is 8.79. The molecule has 3 nitrogen and oxygen atoms in total. The van der Waals surface area contributed by atoms with E-state index < -0.39 is 0 Å². The highest BCUT2D eigenvalue weighted by Gasteiger charge is 2.18. The Morgan fingerprint density at radius 3 is 2.83 bits per heavy atom. The Morgan fingerprint density at radius 2 is 2.11 bits per heavy atom. The fraction of sp³-hybridized carbons (Fsp3) is 0.429. The highest BCUT2D eigenvalue weighted by molar-refractivity contribution is 9.08. The molecule has 4 heteroatoms. The number of ether oxygens (including phenoxy) is 1. The highest BCUT2D eigenvalue weighted by atomic mass is 79.9. The van der Waals surface area contributed by atoms with E-state index >= 15 is 0 Å². The van der Waals surface area contributed by atoms with Crippen LogP contribution in [0.5, 0.6) is 0 Å². The molecule has 0 radical (unpaired) electrons. The van der Waals surface area contributed by atoms with E-state index in [0.29, 0.717) is 13.2 Å². The zero-order valence-corrected chi connectivity index (χ0v) is 12.4. The lowest BCUT2D eigenvalue weighted by Gasteiger charge is -2.11. The van der Waals surface area contributed by atoms with Crippen molar-refractivity contribution < 1.29 is 14.1 Å². The monoisotopic (exact) mass is 312 g/mol. The van der Waals surface area contributed by atoms with Crippen molar-refractivity contribution in [1.82, 2.24) is 0 Å². The van der Waals surface area contributed by atoms with Crippen molar-refractivity contribution >= 4 is 28.1 Å². The molecular weight excluding hydrogens is 294 g/mol. The molecule has 0 unspecified atom stereocenters. The van der Waals surface area contributed by atoms with Crippen LogP contribution in [0.15, 0.2) is 24.3 Å². The van der Waals surface area contributed by atoms with Gasteiger partial charge in [0.2, 0.25) is 6.54 Å². The summed E-state index contributed by atoms with van der Waals surface area (Å²) < 4.78 is 6.95. The SMILES string of the molecule is CBr.CCOC(=O)C[N+]1=Cc2ccccc2CC1. The lowest BCUT2D eigenvalue weighted by molar-refractivity contribution is -0.514. The van der Waals surface area contributed by atoms with Gasteiger partial charge in [0.1, 0.15) is 6.54 Å². The van der Waals surface area contributed by atoms with Gasteiger partial charge in [-0.15, -0.1) is 0 Å². The predicted octanol–water partition coefficient (Wildman–Crippen LogP) is 2.25. The molecule has 1 aromatic rings. The first-order valence-electron chi connectivity index (χ1n) is 6.00. The van der Waals surface area contributed by atoms with E-state index in [1.807, 2.05) is 35.7 Å². The van der Waals surface area contributed by atoms with Crippen LogP contribution in [0.4, 0.5) is 0 Å². The topological polar surface area (TPSA) is 29.3 Å². The average Bonchev–Trinajstić information content (AvgIpc) is 2.41. The fourth-order valence-corrected chi connectivity index (χ4v) is 1.91. The first kappa shape index (κ1) is 14.9. The minimum absolute atomic E-state index is 0.155. The Balaban J connectivity index is 0.000000771. The minimum atomic E-state index is -0.155. The number of fused-ring (bicyclic) bond motifs is 1. The van der Waals surface area contributed by atoms with E-state index in [1.54, 1.807) is 0 Å². The maximum atomic E-state index is 11.3. The molecule has 0 fully saturated rings. The van der Waals surface area contributed by atoms with Crippen molar-refractivity contribution in [2.24, 2.45) is 0 Å². The van der Waals surface area contributed by atoms with E-state index in [9.17, 15) is 4.79 Å². The summed E-state index contributed by atoms with van der Waals surface area (Å²) in [6.45, 7) is 3.51. The van der Waals surface area contributed by atoms with Crippen LogP contribution in [-0.2, 0) is 16.0 Å². The van der Waals surface area contributed by atoms with Gasteiger partial charge in [-0.05, 0) is 24.4 Å². The maximum absolute atomic E-state index is 11.3. The zero-order chi connectivity index (χ0) is 13.4. The number of carbonyl (C=O) groups excluding carboxylic acids is 1. The van der Waals surface area contributed by atoms with Crippen molar-refractivity contribution in [3.05, 3.63) is 35.4 Å². The number of rotatable bonds is 3. The minimum Gasteiger partial charge on any atom is -0.461 e. The van der Waals surface area contributed by atoms with E-state index in [1.165, 1.54) is 11.1 Å². The summed E-state index contributed by atoms with van der Waals surface area (Å²) >= 11 is 2.94. The van der Waals surface area contributed by atoms with Gasteiger partial charge >= 0.3 is 5.97 Å². The van der Waals surface area contributed by atoms with Gasteiger partial charge in [0, 0.05) is 12.0 Å². The number of hydrogen-bond acceptors (Lipinski definition) is 2. The van der Waals surface area contributed by atoms with Gasteiger partial charge < -0.3 is 4.74 Å². The quantitative estimate of drug-likeness (QED) is 0.487. The van der Waals surface area contributed by atoms with Crippen LogP contribution in [0.25, 0.3) is 0 Å². The van der Waals surface area contributed by atoms with Gasteiger partial charge in [0.05, 0.1) is 6.61 Å². The average molecular weight is 313 g/mol. The van der Waals surface area contributed by atoms with Crippen LogP contribution < -0.4 is 0 Å². The smallest absolute Gasteiger partial charge is 0.372 e. The summed E-state index contributed by atoms with van der Waals surface area (Å²) in [5, 5.41) is 0. The molecule has 18 heavy (non-hydrogen) atoms. The molecule has 0 atom stereocenters. The molecular formula is C14H19BrNO2+. The van der Waals surface area contributed by atoms with Crippen molar-refractivity contribution in [1.29, 1.82) is 0 Å². The summed E-state index contributed by atoms with van der Waals surface area (Å²) in [5.41, 5.74) is 2.56. The van der Waals surface area contributed by atoms with Crippen LogP contribution in [0, 0.1) is 0 Å². The molecule has 0 spiro atoms. The van der Waals surface area contributed by atoms with Crippen LogP contribution in [0.2, 0.25) is 0 Å². The lowest BCUT2D eigenvalue weighted by atomic mass is 10.0. The van der Waals surface area contributed by atoms with Gasteiger partial charge in [-0.3, -0.25) is 0 Å². The van der Waals surface area contributed by atoms with Crippen LogP contribution in [0.3, 0.4) is 0 Å². The number of halogens is 1. The van der Waals surface area contributed by atoms with Gasteiger partial charge in [-0.2, -0.15) is 0 Å². The Labute approximate surface area is 117 Å². The van der Waals surface area contributed by atoms with E-state index in [-0.39, 0.29) is 5.97 Å².